The zero-order valence-corrected chi connectivity index (χ0v) is 15.4. The Kier molecular flexibility index (Phi) is 4.06. The quantitative estimate of drug-likeness (QED) is 0.446. The number of phenolic OH excluding ortho intramolecular Hbond substituents is 1. The van der Waals surface area contributed by atoms with Crippen LogP contribution in [0.15, 0.2) is 91.0 Å². The van der Waals surface area contributed by atoms with Gasteiger partial charge < -0.3 is 5.11 Å². The fraction of sp³-hybridized carbons (Fsp3) is 0.0800. The highest BCUT2D eigenvalue weighted by atomic mass is 16.3. The van der Waals surface area contributed by atoms with Crippen molar-refractivity contribution in [2.45, 2.75) is 12.8 Å². The third-order valence-corrected chi connectivity index (χ3v) is 5.23. The summed E-state index contributed by atoms with van der Waals surface area (Å²) >= 11 is 0. The number of nitrogens with zero attached hydrogens (tertiary/aromatic N) is 2. The van der Waals surface area contributed by atoms with Crippen molar-refractivity contribution >= 4 is 21.7 Å². The Hall–Kier alpha value is -3.59. The largest absolute Gasteiger partial charge is 0.507 e. The summed E-state index contributed by atoms with van der Waals surface area (Å²) in [5.41, 5.74) is 4.36. The molecule has 4 aromatic carbocycles. The van der Waals surface area contributed by atoms with Crippen LogP contribution in [-0.4, -0.2) is 14.9 Å². The van der Waals surface area contributed by atoms with E-state index in [0.717, 1.165) is 45.9 Å². The van der Waals surface area contributed by atoms with Gasteiger partial charge in [0.2, 0.25) is 0 Å². The summed E-state index contributed by atoms with van der Waals surface area (Å²) in [6.07, 6.45) is 1.73. The zero-order valence-electron chi connectivity index (χ0n) is 15.4. The monoisotopic (exact) mass is 364 g/mol. The number of aryl methyl sites for hydroxylation is 2. The molecular weight excluding hydrogens is 344 g/mol. The molecule has 0 saturated carbocycles. The summed E-state index contributed by atoms with van der Waals surface area (Å²) in [4.78, 5) is 0. The SMILES string of the molecule is Oc1cc2c(CCc3ccccc3)nn(-c3ccccc3)c2c2ccccc12. The Morgan fingerprint density at radius 1 is 0.679 bits per heavy atom. The van der Waals surface area contributed by atoms with Gasteiger partial charge in [-0.25, -0.2) is 4.68 Å². The van der Waals surface area contributed by atoms with Crippen molar-refractivity contribution in [1.29, 1.82) is 0 Å². The first-order valence-corrected chi connectivity index (χ1v) is 9.53. The number of fused-ring (bicyclic) bond motifs is 3. The molecule has 0 aliphatic carbocycles. The first-order chi connectivity index (χ1) is 13.8. The van der Waals surface area contributed by atoms with Gasteiger partial charge in [0.15, 0.2) is 0 Å². The zero-order chi connectivity index (χ0) is 18.9. The van der Waals surface area contributed by atoms with E-state index < -0.39 is 0 Å². The van der Waals surface area contributed by atoms with Crippen LogP contribution in [0.1, 0.15) is 11.3 Å². The Morgan fingerprint density at radius 2 is 1.32 bits per heavy atom. The Labute approximate surface area is 163 Å². The standard InChI is InChI=1S/C25H20N2O/c28-24-17-22-23(16-15-18-9-3-1-4-10-18)26-27(19-11-5-2-6-12-19)25(22)21-14-8-7-13-20(21)24/h1-14,17,28H,15-16H2. The molecule has 28 heavy (non-hydrogen) atoms. The fourth-order valence-electron chi connectivity index (χ4n) is 3.86. The summed E-state index contributed by atoms with van der Waals surface area (Å²) < 4.78 is 2.01. The van der Waals surface area contributed by atoms with Gasteiger partial charge in [-0.3, -0.25) is 0 Å². The van der Waals surface area contributed by atoms with Gasteiger partial charge in [-0.15, -0.1) is 0 Å². The maximum Gasteiger partial charge on any atom is 0.124 e. The fourth-order valence-corrected chi connectivity index (χ4v) is 3.86. The average molecular weight is 364 g/mol. The maximum atomic E-state index is 10.6. The van der Waals surface area contributed by atoms with Gasteiger partial charge in [-0.2, -0.15) is 5.10 Å². The highest BCUT2D eigenvalue weighted by Crippen LogP contribution is 2.35. The van der Waals surface area contributed by atoms with Crippen LogP contribution < -0.4 is 0 Å². The molecule has 3 heteroatoms. The van der Waals surface area contributed by atoms with Crippen LogP contribution >= 0.6 is 0 Å². The molecule has 0 fully saturated rings. The lowest BCUT2D eigenvalue weighted by atomic mass is 10.0. The van der Waals surface area contributed by atoms with E-state index in [4.69, 9.17) is 5.10 Å². The van der Waals surface area contributed by atoms with Crippen LogP contribution in [-0.2, 0) is 12.8 Å². The lowest BCUT2D eigenvalue weighted by Crippen LogP contribution is -1.98. The molecule has 0 aliphatic rings. The van der Waals surface area contributed by atoms with Crippen LogP contribution in [0.25, 0.3) is 27.4 Å². The van der Waals surface area contributed by atoms with E-state index in [1.807, 2.05) is 53.2 Å². The average Bonchev–Trinajstić information content (AvgIpc) is 3.12. The van der Waals surface area contributed by atoms with Crippen molar-refractivity contribution in [3.8, 4) is 11.4 Å². The Bertz CT molecular complexity index is 1260. The molecule has 5 aromatic rings. The van der Waals surface area contributed by atoms with Crippen molar-refractivity contribution in [3.05, 3.63) is 102 Å². The molecule has 5 rings (SSSR count). The molecule has 3 nitrogen and oxygen atoms in total. The predicted molar refractivity (Wildman–Crippen MR) is 114 cm³/mol. The second-order valence-corrected chi connectivity index (χ2v) is 7.02. The minimum absolute atomic E-state index is 0.302. The molecule has 0 spiro atoms. The van der Waals surface area contributed by atoms with E-state index in [-0.39, 0.29) is 0 Å². The number of rotatable bonds is 4. The summed E-state index contributed by atoms with van der Waals surface area (Å²) in [7, 11) is 0. The molecule has 0 atom stereocenters. The van der Waals surface area contributed by atoms with Crippen molar-refractivity contribution < 1.29 is 5.11 Å². The van der Waals surface area contributed by atoms with E-state index in [9.17, 15) is 5.11 Å². The first kappa shape index (κ1) is 16.6. The molecule has 136 valence electrons. The molecule has 1 aromatic heterocycles. The van der Waals surface area contributed by atoms with Gasteiger partial charge in [0.1, 0.15) is 5.75 Å². The molecule has 1 N–H and O–H groups in total. The summed E-state index contributed by atoms with van der Waals surface area (Å²) in [5.74, 6) is 0.302. The number of aromatic nitrogens is 2. The third kappa shape index (κ3) is 2.81. The smallest absolute Gasteiger partial charge is 0.124 e. The second kappa shape index (κ2) is 6.86. The Balaban J connectivity index is 1.72. The number of phenols is 1. The van der Waals surface area contributed by atoms with Gasteiger partial charge in [0, 0.05) is 16.2 Å². The van der Waals surface area contributed by atoms with E-state index in [1.165, 1.54) is 5.56 Å². The molecule has 0 aliphatic heterocycles. The minimum Gasteiger partial charge on any atom is -0.507 e. The molecule has 0 unspecified atom stereocenters. The van der Waals surface area contributed by atoms with Gasteiger partial charge in [0.25, 0.3) is 0 Å². The van der Waals surface area contributed by atoms with E-state index in [2.05, 4.69) is 42.5 Å². The van der Waals surface area contributed by atoms with Crippen LogP contribution in [0.2, 0.25) is 0 Å². The predicted octanol–water partition coefficient (Wildman–Crippen LogP) is 5.67. The van der Waals surface area contributed by atoms with Gasteiger partial charge >= 0.3 is 0 Å². The number of hydrogen-bond donors (Lipinski definition) is 1. The van der Waals surface area contributed by atoms with Crippen molar-refractivity contribution in [2.75, 3.05) is 0 Å². The summed E-state index contributed by atoms with van der Waals surface area (Å²) in [6.45, 7) is 0. The summed E-state index contributed by atoms with van der Waals surface area (Å²) in [5, 5.41) is 18.5. The molecule has 0 saturated heterocycles. The second-order valence-electron chi connectivity index (χ2n) is 7.02. The lowest BCUT2D eigenvalue weighted by molar-refractivity contribution is 0.482. The number of benzene rings is 4. The van der Waals surface area contributed by atoms with Gasteiger partial charge in [-0.1, -0.05) is 72.8 Å². The van der Waals surface area contributed by atoms with Gasteiger partial charge in [0.05, 0.1) is 16.9 Å². The lowest BCUT2D eigenvalue weighted by Gasteiger charge is -2.07. The highest BCUT2D eigenvalue weighted by Gasteiger charge is 2.17. The number of aromatic hydroxyl groups is 1. The van der Waals surface area contributed by atoms with Crippen LogP contribution in [0.5, 0.6) is 5.75 Å². The molecule has 0 bridgehead atoms. The molecule has 1 heterocycles. The third-order valence-electron chi connectivity index (χ3n) is 5.23. The normalized spacial score (nSPS) is 11.3. The van der Waals surface area contributed by atoms with E-state index in [0.29, 0.717) is 5.75 Å². The maximum absolute atomic E-state index is 10.6. The number of para-hydroxylation sites is 1. The molecule has 0 radical (unpaired) electrons. The topological polar surface area (TPSA) is 38.1 Å². The van der Waals surface area contributed by atoms with Crippen molar-refractivity contribution in [1.82, 2.24) is 9.78 Å². The van der Waals surface area contributed by atoms with Crippen LogP contribution in [0.3, 0.4) is 0 Å². The minimum atomic E-state index is 0.302. The highest BCUT2D eigenvalue weighted by molar-refractivity contribution is 6.09. The van der Waals surface area contributed by atoms with Crippen molar-refractivity contribution in [3.63, 3.8) is 0 Å². The Morgan fingerprint density at radius 3 is 2.07 bits per heavy atom. The molecule has 0 amide bonds. The molecular formula is C25H20N2O. The van der Waals surface area contributed by atoms with Crippen LogP contribution in [0, 0.1) is 0 Å². The number of hydrogen-bond acceptors (Lipinski definition) is 2. The van der Waals surface area contributed by atoms with Crippen LogP contribution in [0.4, 0.5) is 0 Å². The van der Waals surface area contributed by atoms with E-state index >= 15 is 0 Å². The van der Waals surface area contributed by atoms with E-state index in [1.54, 1.807) is 0 Å². The first-order valence-electron chi connectivity index (χ1n) is 9.53. The van der Waals surface area contributed by atoms with Crippen molar-refractivity contribution in [2.24, 2.45) is 0 Å². The van der Waals surface area contributed by atoms with Gasteiger partial charge in [-0.05, 0) is 36.6 Å². The summed E-state index contributed by atoms with van der Waals surface area (Å²) in [6, 6.07) is 30.5.